The number of rotatable bonds is 4. The van der Waals surface area contributed by atoms with Crippen molar-refractivity contribution in [3.63, 3.8) is 0 Å². The first kappa shape index (κ1) is 19.4. The Morgan fingerprint density at radius 2 is 1.26 bits per heavy atom. The quantitative estimate of drug-likeness (QED) is 0.748. The zero-order valence-corrected chi connectivity index (χ0v) is 16.0. The first-order valence-electron chi connectivity index (χ1n) is 8.68. The molecule has 0 bridgehead atoms. The Hall–Kier alpha value is -1.60. The van der Waals surface area contributed by atoms with Crippen LogP contribution in [0.5, 0.6) is 0 Å². The van der Waals surface area contributed by atoms with E-state index in [-0.39, 0.29) is 0 Å². The molecule has 0 saturated heterocycles. The molecule has 23 heavy (non-hydrogen) atoms. The Labute approximate surface area is 143 Å². The van der Waals surface area contributed by atoms with Gasteiger partial charge in [0.1, 0.15) is 0 Å². The lowest BCUT2D eigenvalue weighted by molar-refractivity contribution is 0.528. The van der Waals surface area contributed by atoms with Gasteiger partial charge in [0.15, 0.2) is 0 Å². The molecule has 0 aliphatic rings. The molecule has 2 aromatic carbocycles. The molecule has 2 aromatic rings. The van der Waals surface area contributed by atoms with Crippen LogP contribution in [0.1, 0.15) is 42.5 Å². The van der Waals surface area contributed by atoms with Crippen LogP contribution in [-0.2, 0) is 0 Å². The van der Waals surface area contributed by atoms with Gasteiger partial charge in [-0.3, -0.25) is 0 Å². The molecular weight excluding hydrogens is 278 g/mol. The fourth-order valence-electron chi connectivity index (χ4n) is 2.54. The highest BCUT2D eigenvalue weighted by molar-refractivity contribution is 5.71. The second kappa shape index (κ2) is 9.52. The molecule has 0 amide bonds. The van der Waals surface area contributed by atoms with E-state index in [9.17, 15) is 0 Å². The van der Waals surface area contributed by atoms with Gasteiger partial charge in [0.2, 0.25) is 0 Å². The van der Waals surface area contributed by atoms with E-state index in [1.165, 1.54) is 39.8 Å². The first-order chi connectivity index (χ1) is 10.9. The van der Waals surface area contributed by atoms with Crippen molar-refractivity contribution in [2.75, 3.05) is 13.6 Å². The molecule has 0 aliphatic heterocycles. The summed E-state index contributed by atoms with van der Waals surface area (Å²) in [6.07, 6.45) is 1.28. The minimum atomic E-state index is 0.838. The summed E-state index contributed by atoms with van der Waals surface area (Å²) in [4.78, 5) is 0. The summed E-state index contributed by atoms with van der Waals surface area (Å²) >= 11 is 0. The number of hydrogen-bond donors (Lipinski definition) is 1. The predicted molar refractivity (Wildman–Crippen MR) is 104 cm³/mol. The Balaban J connectivity index is 0.000000322. The molecule has 0 saturated carbocycles. The van der Waals surface area contributed by atoms with Crippen molar-refractivity contribution >= 4 is 0 Å². The van der Waals surface area contributed by atoms with Gasteiger partial charge in [-0.2, -0.15) is 0 Å². The van der Waals surface area contributed by atoms with Gasteiger partial charge in [-0.05, 0) is 69.5 Å². The van der Waals surface area contributed by atoms with Crippen LogP contribution in [0.3, 0.4) is 0 Å². The van der Waals surface area contributed by atoms with Crippen molar-refractivity contribution in [3.05, 3.63) is 58.7 Å². The topological polar surface area (TPSA) is 12.0 Å². The molecule has 0 fully saturated rings. The summed E-state index contributed by atoms with van der Waals surface area (Å²) in [7, 11) is 1.99. The lowest BCUT2D eigenvalue weighted by Gasteiger charge is -2.11. The molecule has 1 unspecified atom stereocenters. The molecule has 2 rings (SSSR count). The molecule has 0 aromatic heterocycles. The summed E-state index contributed by atoms with van der Waals surface area (Å²) in [5.41, 5.74) is 8.06. The minimum absolute atomic E-state index is 0.838. The molecule has 0 heterocycles. The first-order valence-corrected chi connectivity index (χ1v) is 8.68. The van der Waals surface area contributed by atoms with Crippen LogP contribution in [0.4, 0.5) is 0 Å². The van der Waals surface area contributed by atoms with Crippen molar-refractivity contribution in [2.45, 2.75) is 48.0 Å². The van der Waals surface area contributed by atoms with Gasteiger partial charge in [-0.25, -0.2) is 0 Å². The minimum Gasteiger partial charge on any atom is -0.319 e. The van der Waals surface area contributed by atoms with Gasteiger partial charge in [0.05, 0.1) is 0 Å². The largest absolute Gasteiger partial charge is 0.319 e. The smallest absolute Gasteiger partial charge is 0.00263 e. The van der Waals surface area contributed by atoms with Crippen molar-refractivity contribution in [2.24, 2.45) is 5.92 Å². The van der Waals surface area contributed by atoms with Crippen LogP contribution >= 0.6 is 0 Å². The fourth-order valence-corrected chi connectivity index (χ4v) is 2.54. The lowest BCUT2D eigenvalue weighted by Crippen LogP contribution is -2.14. The van der Waals surface area contributed by atoms with Gasteiger partial charge in [-0.1, -0.05) is 67.8 Å². The average Bonchev–Trinajstić information content (AvgIpc) is 2.53. The van der Waals surface area contributed by atoms with E-state index >= 15 is 0 Å². The van der Waals surface area contributed by atoms with E-state index in [2.05, 4.69) is 83.3 Å². The standard InChI is InChI=1S/C16H18.C6H15N/c1-11-5-7-13(3)15(9-11)16-10-12(2)6-8-14(16)4;1-4-6(2)5-7-3/h5-10H,1-4H3;6-7H,4-5H2,1-3H3. The number of hydrogen-bond acceptors (Lipinski definition) is 1. The van der Waals surface area contributed by atoms with E-state index in [0.29, 0.717) is 0 Å². The highest BCUT2D eigenvalue weighted by Gasteiger charge is 2.05. The number of aryl methyl sites for hydroxylation is 4. The predicted octanol–water partition coefficient (Wildman–Crippen LogP) is 5.84. The second-order valence-corrected chi connectivity index (χ2v) is 6.71. The third-order valence-electron chi connectivity index (χ3n) is 4.33. The zero-order chi connectivity index (χ0) is 17.4. The summed E-state index contributed by atoms with van der Waals surface area (Å²) in [5.74, 6) is 0.838. The Kier molecular flexibility index (Phi) is 8.05. The molecule has 1 nitrogen and oxygen atoms in total. The van der Waals surface area contributed by atoms with E-state index in [4.69, 9.17) is 0 Å². The SMILES string of the molecule is CCC(C)CNC.Cc1ccc(C)c(-c2cc(C)ccc2C)c1. The number of benzene rings is 2. The molecule has 0 aliphatic carbocycles. The molecule has 1 atom stereocenters. The summed E-state index contributed by atoms with van der Waals surface area (Å²) < 4.78 is 0. The van der Waals surface area contributed by atoms with Crippen molar-refractivity contribution in [1.29, 1.82) is 0 Å². The van der Waals surface area contributed by atoms with Crippen LogP contribution in [0.2, 0.25) is 0 Å². The second-order valence-electron chi connectivity index (χ2n) is 6.71. The molecule has 1 N–H and O–H groups in total. The van der Waals surface area contributed by atoms with Crippen LogP contribution in [0, 0.1) is 33.6 Å². The van der Waals surface area contributed by atoms with Crippen molar-refractivity contribution < 1.29 is 0 Å². The Morgan fingerprint density at radius 3 is 1.57 bits per heavy atom. The van der Waals surface area contributed by atoms with Crippen LogP contribution in [0.15, 0.2) is 36.4 Å². The van der Waals surface area contributed by atoms with Crippen molar-refractivity contribution in [1.82, 2.24) is 5.32 Å². The van der Waals surface area contributed by atoms with Gasteiger partial charge in [-0.15, -0.1) is 0 Å². The Bertz CT molecular complexity index is 564. The highest BCUT2D eigenvalue weighted by atomic mass is 14.8. The molecular formula is C22H33N. The van der Waals surface area contributed by atoms with Crippen LogP contribution < -0.4 is 5.32 Å². The summed E-state index contributed by atoms with van der Waals surface area (Å²) in [6.45, 7) is 14.3. The normalized spacial score (nSPS) is 11.6. The zero-order valence-electron chi connectivity index (χ0n) is 16.0. The number of nitrogens with one attached hydrogen (secondary N) is 1. The molecule has 126 valence electrons. The van der Waals surface area contributed by atoms with Crippen LogP contribution in [-0.4, -0.2) is 13.6 Å². The summed E-state index contributed by atoms with van der Waals surface area (Å²) in [5, 5.41) is 3.12. The monoisotopic (exact) mass is 311 g/mol. The Morgan fingerprint density at radius 1 is 0.826 bits per heavy atom. The third-order valence-corrected chi connectivity index (χ3v) is 4.33. The maximum absolute atomic E-state index is 3.12. The maximum atomic E-state index is 3.12. The third kappa shape index (κ3) is 6.19. The van der Waals surface area contributed by atoms with E-state index in [1.807, 2.05) is 7.05 Å². The van der Waals surface area contributed by atoms with Crippen LogP contribution in [0.25, 0.3) is 11.1 Å². The van der Waals surface area contributed by atoms with Gasteiger partial charge in [0, 0.05) is 0 Å². The molecule has 0 spiro atoms. The van der Waals surface area contributed by atoms with E-state index < -0.39 is 0 Å². The highest BCUT2D eigenvalue weighted by Crippen LogP contribution is 2.28. The molecule has 1 heteroatoms. The van der Waals surface area contributed by atoms with Gasteiger partial charge >= 0.3 is 0 Å². The van der Waals surface area contributed by atoms with E-state index in [1.54, 1.807) is 0 Å². The average molecular weight is 312 g/mol. The maximum Gasteiger partial charge on any atom is -0.00263 e. The van der Waals surface area contributed by atoms with E-state index in [0.717, 1.165) is 12.5 Å². The van der Waals surface area contributed by atoms with Gasteiger partial charge in [0.25, 0.3) is 0 Å². The van der Waals surface area contributed by atoms with Gasteiger partial charge < -0.3 is 5.32 Å². The lowest BCUT2D eigenvalue weighted by atomic mass is 9.94. The van der Waals surface area contributed by atoms with Crippen molar-refractivity contribution in [3.8, 4) is 11.1 Å². The fraction of sp³-hybridized carbons (Fsp3) is 0.455. The molecule has 0 radical (unpaired) electrons. The summed E-state index contributed by atoms with van der Waals surface area (Å²) in [6, 6.07) is 13.3.